The first kappa shape index (κ1) is 13.3. The van der Waals surface area contributed by atoms with Crippen LogP contribution in [0.4, 0.5) is 4.39 Å². The van der Waals surface area contributed by atoms with E-state index in [1.807, 2.05) is 0 Å². The standard InChI is InChI=1S/C13H9ClFNO3/c14-10-3-1-2-9(12(10)15)7-16-5-4-8(13(18)19)6-11(16)17/h1-6H,7H2,(H,18,19). The van der Waals surface area contributed by atoms with Crippen molar-refractivity contribution in [2.75, 3.05) is 0 Å². The molecular formula is C13H9ClFNO3. The molecule has 4 nitrogen and oxygen atoms in total. The number of rotatable bonds is 3. The molecule has 2 aromatic rings. The molecular weight excluding hydrogens is 273 g/mol. The molecule has 0 spiro atoms. The molecule has 0 aliphatic rings. The molecule has 1 heterocycles. The lowest BCUT2D eigenvalue weighted by Crippen LogP contribution is -2.21. The average molecular weight is 282 g/mol. The van der Waals surface area contributed by atoms with Crippen LogP contribution in [0.25, 0.3) is 0 Å². The van der Waals surface area contributed by atoms with Crippen molar-refractivity contribution in [3.8, 4) is 0 Å². The third-order valence-electron chi connectivity index (χ3n) is 2.62. The average Bonchev–Trinajstić information content (AvgIpc) is 2.37. The molecule has 0 aliphatic carbocycles. The SMILES string of the molecule is O=C(O)c1ccn(Cc2cccc(Cl)c2F)c(=O)c1. The topological polar surface area (TPSA) is 59.3 Å². The molecule has 0 saturated heterocycles. The van der Waals surface area contributed by atoms with Crippen LogP contribution in [0, 0.1) is 5.82 Å². The number of nitrogens with zero attached hydrogens (tertiary/aromatic N) is 1. The second-order valence-corrected chi connectivity index (χ2v) is 4.31. The number of aromatic carboxylic acids is 1. The maximum atomic E-state index is 13.7. The normalized spacial score (nSPS) is 10.4. The Kier molecular flexibility index (Phi) is 3.66. The van der Waals surface area contributed by atoms with Crippen molar-refractivity contribution in [1.29, 1.82) is 0 Å². The van der Waals surface area contributed by atoms with Gasteiger partial charge in [0.05, 0.1) is 17.1 Å². The number of hydrogen-bond donors (Lipinski definition) is 1. The van der Waals surface area contributed by atoms with Gasteiger partial charge in [-0.05, 0) is 12.1 Å². The zero-order chi connectivity index (χ0) is 14.0. The predicted octanol–water partition coefficient (Wildman–Crippen LogP) is 2.39. The quantitative estimate of drug-likeness (QED) is 0.940. The lowest BCUT2D eigenvalue weighted by Gasteiger charge is -2.07. The smallest absolute Gasteiger partial charge is 0.335 e. The minimum absolute atomic E-state index is 0.00880. The van der Waals surface area contributed by atoms with Crippen LogP contribution in [0.3, 0.4) is 0 Å². The zero-order valence-electron chi connectivity index (χ0n) is 9.64. The number of carbonyl (C=O) groups is 1. The molecule has 0 fully saturated rings. The van der Waals surface area contributed by atoms with Crippen molar-refractivity contribution in [1.82, 2.24) is 4.57 Å². The van der Waals surface area contributed by atoms with Gasteiger partial charge in [-0.15, -0.1) is 0 Å². The highest BCUT2D eigenvalue weighted by Gasteiger charge is 2.09. The summed E-state index contributed by atoms with van der Waals surface area (Å²) in [6.07, 6.45) is 1.31. The molecule has 98 valence electrons. The van der Waals surface area contributed by atoms with Crippen molar-refractivity contribution in [3.05, 3.63) is 68.8 Å². The minimum Gasteiger partial charge on any atom is -0.478 e. The Morgan fingerprint density at radius 3 is 2.74 bits per heavy atom. The molecule has 1 N–H and O–H groups in total. The largest absolute Gasteiger partial charge is 0.478 e. The van der Waals surface area contributed by atoms with Crippen LogP contribution in [-0.4, -0.2) is 15.6 Å². The zero-order valence-corrected chi connectivity index (χ0v) is 10.4. The maximum absolute atomic E-state index is 13.7. The highest BCUT2D eigenvalue weighted by Crippen LogP contribution is 2.18. The number of pyridine rings is 1. The number of carboxylic acid groups (broad SMARTS) is 1. The highest BCUT2D eigenvalue weighted by molar-refractivity contribution is 6.30. The second kappa shape index (κ2) is 5.24. The number of hydrogen-bond acceptors (Lipinski definition) is 2. The Balaban J connectivity index is 2.37. The van der Waals surface area contributed by atoms with Gasteiger partial charge in [0.2, 0.25) is 0 Å². The van der Waals surface area contributed by atoms with Crippen molar-refractivity contribution >= 4 is 17.6 Å². The molecule has 0 amide bonds. The summed E-state index contributed by atoms with van der Waals surface area (Å²) in [6, 6.07) is 6.78. The molecule has 0 radical (unpaired) electrons. The van der Waals surface area contributed by atoms with Gasteiger partial charge in [0.1, 0.15) is 5.82 Å². The van der Waals surface area contributed by atoms with Gasteiger partial charge in [-0.1, -0.05) is 23.7 Å². The molecule has 0 saturated carbocycles. The lowest BCUT2D eigenvalue weighted by atomic mass is 10.2. The maximum Gasteiger partial charge on any atom is 0.335 e. The Bertz CT molecular complexity index is 697. The van der Waals surface area contributed by atoms with E-state index in [2.05, 4.69) is 0 Å². The second-order valence-electron chi connectivity index (χ2n) is 3.90. The summed E-state index contributed by atoms with van der Waals surface area (Å²) in [5.74, 6) is -1.77. The first-order valence-electron chi connectivity index (χ1n) is 5.35. The summed E-state index contributed by atoms with van der Waals surface area (Å²) in [5, 5.41) is 8.72. The van der Waals surface area contributed by atoms with Gasteiger partial charge in [0.15, 0.2) is 0 Å². The van der Waals surface area contributed by atoms with Crippen molar-refractivity contribution in [3.63, 3.8) is 0 Å². The number of carboxylic acids is 1. The third-order valence-corrected chi connectivity index (χ3v) is 2.91. The van der Waals surface area contributed by atoms with E-state index in [0.717, 1.165) is 6.07 Å². The van der Waals surface area contributed by atoms with Crippen LogP contribution in [0.1, 0.15) is 15.9 Å². The molecule has 0 bridgehead atoms. The van der Waals surface area contributed by atoms with Crippen LogP contribution in [0.15, 0.2) is 41.3 Å². The van der Waals surface area contributed by atoms with Crippen LogP contribution in [0.2, 0.25) is 5.02 Å². The summed E-state index contributed by atoms with van der Waals surface area (Å²) < 4.78 is 14.9. The lowest BCUT2D eigenvalue weighted by molar-refractivity contribution is 0.0696. The molecule has 2 rings (SSSR count). The third kappa shape index (κ3) is 2.82. The van der Waals surface area contributed by atoms with E-state index < -0.39 is 17.3 Å². The van der Waals surface area contributed by atoms with Crippen LogP contribution >= 0.6 is 11.6 Å². The van der Waals surface area contributed by atoms with Crippen LogP contribution in [0.5, 0.6) is 0 Å². The van der Waals surface area contributed by atoms with E-state index in [9.17, 15) is 14.0 Å². The summed E-state index contributed by atoms with van der Waals surface area (Å²) in [6.45, 7) is -0.00880. The number of aromatic nitrogens is 1. The van der Waals surface area contributed by atoms with Crippen molar-refractivity contribution in [2.45, 2.75) is 6.54 Å². The fourth-order valence-electron chi connectivity index (χ4n) is 1.63. The molecule has 0 atom stereocenters. The summed E-state index contributed by atoms with van der Waals surface area (Å²) in [5.41, 5.74) is -0.357. The minimum atomic E-state index is -1.18. The fourth-order valence-corrected chi connectivity index (χ4v) is 1.82. The number of benzene rings is 1. The van der Waals surface area contributed by atoms with Gasteiger partial charge in [-0.2, -0.15) is 0 Å². The highest BCUT2D eigenvalue weighted by atomic mass is 35.5. The summed E-state index contributed by atoms with van der Waals surface area (Å²) in [7, 11) is 0. The Hall–Kier alpha value is -2.14. The predicted molar refractivity (Wildman–Crippen MR) is 68.2 cm³/mol. The first-order valence-corrected chi connectivity index (χ1v) is 5.73. The summed E-state index contributed by atoms with van der Waals surface area (Å²) in [4.78, 5) is 22.4. The van der Waals surface area contributed by atoms with E-state index >= 15 is 0 Å². The molecule has 19 heavy (non-hydrogen) atoms. The van der Waals surface area contributed by atoms with Gasteiger partial charge >= 0.3 is 5.97 Å². The van der Waals surface area contributed by atoms with E-state index in [4.69, 9.17) is 16.7 Å². The van der Waals surface area contributed by atoms with E-state index in [1.54, 1.807) is 6.07 Å². The van der Waals surface area contributed by atoms with Gasteiger partial charge in [-0.25, -0.2) is 9.18 Å². The molecule has 0 unspecified atom stereocenters. The summed E-state index contributed by atoms with van der Waals surface area (Å²) >= 11 is 5.65. The molecule has 1 aromatic carbocycles. The van der Waals surface area contributed by atoms with Gasteiger partial charge in [0.25, 0.3) is 5.56 Å². The first-order chi connectivity index (χ1) is 8.99. The van der Waals surface area contributed by atoms with E-state index in [0.29, 0.717) is 0 Å². The van der Waals surface area contributed by atoms with Crippen LogP contribution in [-0.2, 0) is 6.54 Å². The molecule has 1 aromatic heterocycles. The van der Waals surface area contributed by atoms with E-state index in [1.165, 1.54) is 29.0 Å². The number of halogens is 2. The van der Waals surface area contributed by atoms with Crippen molar-refractivity contribution < 1.29 is 14.3 Å². The monoisotopic (exact) mass is 281 g/mol. The molecule has 0 aliphatic heterocycles. The van der Waals surface area contributed by atoms with Gasteiger partial charge in [-0.3, -0.25) is 4.79 Å². The Labute approximate surface area is 112 Å². The van der Waals surface area contributed by atoms with Gasteiger partial charge < -0.3 is 9.67 Å². The van der Waals surface area contributed by atoms with Crippen molar-refractivity contribution in [2.24, 2.45) is 0 Å². The fraction of sp³-hybridized carbons (Fsp3) is 0.0769. The van der Waals surface area contributed by atoms with Crippen LogP contribution < -0.4 is 5.56 Å². The Morgan fingerprint density at radius 1 is 1.37 bits per heavy atom. The molecule has 6 heteroatoms. The Morgan fingerprint density at radius 2 is 2.11 bits per heavy atom. The van der Waals surface area contributed by atoms with E-state index in [-0.39, 0.29) is 22.7 Å². The van der Waals surface area contributed by atoms with Gasteiger partial charge in [0, 0.05) is 17.8 Å².